The van der Waals surface area contributed by atoms with E-state index in [-0.39, 0.29) is 0 Å². The third-order valence-corrected chi connectivity index (χ3v) is 3.10. The topological polar surface area (TPSA) is 46.2 Å². The molecule has 0 saturated carbocycles. The van der Waals surface area contributed by atoms with Gasteiger partial charge in [0, 0.05) is 24.2 Å². The van der Waals surface area contributed by atoms with Gasteiger partial charge in [-0.3, -0.25) is 0 Å². The second kappa shape index (κ2) is 6.29. The number of methoxy groups -OCH3 is 1. The van der Waals surface area contributed by atoms with E-state index in [2.05, 4.69) is 15.6 Å². The number of anilines is 2. The summed E-state index contributed by atoms with van der Waals surface area (Å²) in [7, 11) is 3.47. The Hall–Kier alpha value is -1.94. The summed E-state index contributed by atoms with van der Waals surface area (Å²) in [6.45, 7) is 0.559. The van der Waals surface area contributed by atoms with Crippen LogP contribution in [0.4, 0.5) is 11.6 Å². The highest BCUT2D eigenvalue weighted by Gasteiger charge is 2.07. The number of pyridine rings is 1. The van der Waals surface area contributed by atoms with E-state index in [0.29, 0.717) is 11.6 Å². The highest BCUT2D eigenvalue weighted by molar-refractivity contribution is 6.31. The van der Waals surface area contributed by atoms with E-state index in [0.717, 1.165) is 22.9 Å². The Morgan fingerprint density at radius 3 is 2.63 bits per heavy atom. The maximum Gasteiger partial charge on any atom is 0.128 e. The zero-order valence-corrected chi connectivity index (χ0v) is 11.7. The Morgan fingerprint density at radius 1 is 1.16 bits per heavy atom. The van der Waals surface area contributed by atoms with Gasteiger partial charge in [0.05, 0.1) is 7.11 Å². The molecule has 0 aliphatic heterocycles. The molecule has 5 heteroatoms. The molecule has 4 nitrogen and oxygen atoms in total. The summed E-state index contributed by atoms with van der Waals surface area (Å²) >= 11 is 6.18. The quantitative estimate of drug-likeness (QED) is 0.879. The van der Waals surface area contributed by atoms with Gasteiger partial charge in [0.25, 0.3) is 0 Å². The SMILES string of the molecule is CNc1cccc(NCc2c(Cl)cccc2OC)n1. The maximum atomic E-state index is 6.18. The predicted molar refractivity (Wildman–Crippen MR) is 79.1 cm³/mol. The second-order valence-corrected chi connectivity index (χ2v) is 4.34. The average Bonchev–Trinajstić information content (AvgIpc) is 2.46. The molecule has 0 bridgehead atoms. The maximum absolute atomic E-state index is 6.18. The van der Waals surface area contributed by atoms with Crippen LogP contribution in [0.5, 0.6) is 5.75 Å². The van der Waals surface area contributed by atoms with Crippen molar-refractivity contribution in [3.8, 4) is 5.75 Å². The number of ether oxygens (including phenoxy) is 1. The summed E-state index contributed by atoms with van der Waals surface area (Å²) in [4.78, 5) is 4.39. The Kier molecular flexibility index (Phi) is 4.47. The number of hydrogen-bond donors (Lipinski definition) is 2. The molecule has 1 aromatic carbocycles. The van der Waals surface area contributed by atoms with Crippen LogP contribution in [0.25, 0.3) is 0 Å². The van der Waals surface area contributed by atoms with Gasteiger partial charge in [-0.2, -0.15) is 0 Å². The fourth-order valence-corrected chi connectivity index (χ4v) is 1.99. The zero-order chi connectivity index (χ0) is 13.7. The molecule has 0 fully saturated rings. The van der Waals surface area contributed by atoms with Gasteiger partial charge in [0.15, 0.2) is 0 Å². The molecule has 0 aliphatic rings. The highest BCUT2D eigenvalue weighted by atomic mass is 35.5. The number of benzene rings is 1. The van der Waals surface area contributed by atoms with Gasteiger partial charge >= 0.3 is 0 Å². The lowest BCUT2D eigenvalue weighted by Crippen LogP contribution is -2.04. The molecule has 19 heavy (non-hydrogen) atoms. The summed E-state index contributed by atoms with van der Waals surface area (Å²) in [5, 5.41) is 6.91. The van der Waals surface area contributed by atoms with E-state index >= 15 is 0 Å². The van der Waals surface area contributed by atoms with E-state index in [1.165, 1.54) is 0 Å². The summed E-state index contributed by atoms with van der Waals surface area (Å²) in [5.41, 5.74) is 0.920. The fourth-order valence-electron chi connectivity index (χ4n) is 1.75. The third kappa shape index (κ3) is 3.29. The standard InChI is InChI=1S/C14H16ClN3O/c1-16-13-7-4-8-14(18-13)17-9-10-11(15)5-3-6-12(10)19-2/h3-8H,9H2,1-2H3,(H2,16,17,18). The van der Waals surface area contributed by atoms with Crippen molar-refractivity contribution in [1.29, 1.82) is 0 Å². The van der Waals surface area contributed by atoms with Crippen LogP contribution in [0.3, 0.4) is 0 Å². The first-order chi connectivity index (χ1) is 9.24. The zero-order valence-electron chi connectivity index (χ0n) is 10.9. The molecule has 2 rings (SSSR count). The van der Waals surface area contributed by atoms with Gasteiger partial charge in [-0.05, 0) is 24.3 Å². The molecule has 0 radical (unpaired) electrons. The minimum atomic E-state index is 0.559. The predicted octanol–water partition coefficient (Wildman–Crippen LogP) is 3.40. The van der Waals surface area contributed by atoms with Crippen molar-refractivity contribution < 1.29 is 4.74 Å². The van der Waals surface area contributed by atoms with Crippen molar-refractivity contribution in [2.75, 3.05) is 24.8 Å². The lowest BCUT2D eigenvalue weighted by atomic mass is 10.2. The van der Waals surface area contributed by atoms with Crippen LogP contribution in [-0.4, -0.2) is 19.1 Å². The van der Waals surface area contributed by atoms with Crippen LogP contribution in [-0.2, 0) is 6.54 Å². The van der Waals surface area contributed by atoms with Crippen LogP contribution in [0.2, 0.25) is 5.02 Å². The summed E-state index contributed by atoms with van der Waals surface area (Å²) in [6.07, 6.45) is 0. The molecule has 0 unspecified atom stereocenters. The fraction of sp³-hybridized carbons (Fsp3) is 0.214. The van der Waals surface area contributed by atoms with Crippen LogP contribution >= 0.6 is 11.6 Å². The summed E-state index contributed by atoms with van der Waals surface area (Å²) < 4.78 is 5.30. The number of hydrogen-bond acceptors (Lipinski definition) is 4. The molecular weight excluding hydrogens is 262 g/mol. The number of nitrogens with zero attached hydrogens (tertiary/aromatic N) is 1. The average molecular weight is 278 g/mol. The first-order valence-electron chi connectivity index (χ1n) is 5.94. The van der Waals surface area contributed by atoms with Gasteiger partial charge in [-0.25, -0.2) is 4.98 Å². The van der Waals surface area contributed by atoms with Crippen LogP contribution in [0.1, 0.15) is 5.56 Å². The monoisotopic (exact) mass is 277 g/mol. The first kappa shape index (κ1) is 13.5. The molecular formula is C14H16ClN3O. The normalized spacial score (nSPS) is 10.1. The minimum Gasteiger partial charge on any atom is -0.496 e. The van der Waals surface area contributed by atoms with Gasteiger partial charge in [-0.15, -0.1) is 0 Å². The van der Waals surface area contributed by atoms with Crippen molar-refractivity contribution in [2.45, 2.75) is 6.54 Å². The lowest BCUT2D eigenvalue weighted by molar-refractivity contribution is 0.410. The van der Waals surface area contributed by atoms with Gasteiger partial charge < -0.3 is 15.4 Å². The number of nitrogens with one attached hydrogen (secondary N) is 2. The lowest BCUT2D eigenvalue weighted by Gasteiger charge is -2.12. The van der Waals surface area contributed by atoms with E-state index in [1.54, 1.807) is 7.11 Å². The molecule has 0 amide bonds. The Labute approximate surface area is 117 Å². The Bertz CT molecular complexity index is 560. The van der Waals surface area contributed by atoms with Crippen molar-refractivity contribution in [2.24, 2.45) is 0 Å². The molecule has 100 valence electrons. The van der Waals surface area contributed by atoms with E-state index in [9.17, 15) is 0 Å². The largest absolute Gasteiger partial charge is 0.496 e. The third-order valence-electron chi connectivity index (χ3n) is 2.75. The van der Waals surface area contributed by atoms with Crippen LogP contribution < -0.4 is 15.4 Å². The van der Waals surface area contributed by atoms with Gasteiger partial charge in [0.2, 0.25) is 0 Å². The van der Waals surface area contributed by atoms with Crippen molar-refractivity contribution in [3.05, 3.63) is 47.0 Å². The minimum absolute atomic E-state index is 0.559. The molecule has 2 aromatic rings. The number of halogens is 1. The molecule has 2 N–H and O–H groups in total. The molecule has 1 aromatic heterocycles. The van der Waals surface area contributed by atoms with Crippen molar-refractivity contribution >= 4 is 23.2 Å². The Morgan fingerprint density at radius 2 is 1.89 bits per heavy atom. The molecule has 0 aliphatic carbocycles. The Balaban J connectivity index is 2.14. The number of rotatable bonds is 5. The van der Waals surface area contributed by atoms with Crippen LogP contribution in [0.15, 0.2) is 36.4 Å². The highest BCUT2D eigenvalue weighted by Crippen LogP contribution is 2.26. The summed E-state index contributed by atoms with van der Waals surface area (Å²) in [6, 6.07) is 11.3. The molecule has 0 spiro atoms. The molecule has 0 atom stereocenters. The molecule has 1 heterocycles. The first-order valence-corrected chi connectivity index (χ1v) is 6.32. The summed E-state index contributed by atoms with van der Waals surface area (Å²) in [5.74, 6) is 2.37. The smallest absolute Gasteiger partial charge is 0.128 e. The van der Waals surface area contributed by atoms with E-state index < -0.39 is 0 Å². The van der Waals surface area contributed by atoms with Crippen molar-refractivity contribution in [1.82, 2.24) is 4.98 Å². The second-order valence-electron chi connectivity index (χ2n) is 3.93. The van der Waals surface area contributed by atoms with Gasteiger partial charge in [0.1, 0.15) is 17.4 Å². The van der Waals surface area contributed by atoms with E-state index in [1.807, 2.05) is 43.4 Å². The van der Waals surface area contributed by atoms with Crippen molar-refractivity contribution in [3.63, 3.8) is 0 Å². The molecule has 0 saturated heterocycles. The number of aromatic nitrogens is 1. The van der Waals surface area contributed by atoms with Crippen LogP contribution in [0, 0.1) is 0 Å². The van der Waals surface area contributed by atoms with Gasteiger partial charge in [-0.1, -0.05) is 23.7 Å². The van der Waals surface area contributed by atoms with E-state index in [4.69, 9.17) is 16.3 Å².